The molecule has 0 heterocycles. The Morgan fingerprint density at radius 1 is 1.24 bits per heavy atom. The van der Waals surface area contributed by atoms with E-state index in [1.807, 2.05) is 0 Å². The Morgan fingerprint density at radius 2 is 1.92 bits per heavy atom. The molecule has 0 amide bonds. The van der Waals surface area contributed by atoms with Gasteiger partial charge in [-0.05, 0) is 106 Å². The fourth-order valence-corrected chi connectivity index (χ4v) is 7.54. The van der Waals surface area contributed by atoms with Gasteiger partial charge in [-0.15, -0.1) is 0 Å². The van der Waals surface area contributed by atoms with E-state index in [1.165, 1.54) is 37.9 Å². The zero-order valence-corrected chi connectivity index (χ0v) is 18.9. The van der Waals surface area contributed by atoms with Gasteiger partial charge in [-0.1, -0.05) is 32.4 Å². The fourth-order valence-electron chi connectivity index (χ4n) is 6.49. The first-order chi connectivity index (χ1) is 11.5. The van der Waals surface area contributed by atoms with Gasteiger partial charge >= 0.3 is 0 Å². The Balaban J connectivity index is 1.96. The van der Waals surface area contributed by atoms with Gasteiger partial charge in [0.2, 0.25) is 8.32 Å². The lowest BCUT2D eigenvalue weighted by Gasteiger charge is -2.40. The quantitative estimate of drug-likeness (QED) is 0.294. The van der Waals surface area contributed by atoms with Crippen molar-refractivity contribution in [3.8, 4) is 0 Å². The molecule has 0 aromatic heterocycles. The summed E-state index contributed by atoms with van der Waals surface area (Å²) < 4.78 is 6.45. The van der Waals surface area contributed by atoms with Gasteiger partial charge in [0.15, 0.2) is 0 Å². The maximum atomic E-state index is 6.45. The molecular formula is C23H40OSi. The van der Waals surface area contributed by atoms with Crippen molar-refractivity contribution < 1.29 is 4.43 Å². The van der Waals surface area contributed by atoms with Crippen LogP contribution >= 0.6 is 0 Å². The van der Waals surface area contributed by atoms with Crippen molar-refractivity contribution in [3.63, 3.8) is 0 Å². The lowest BCUT2D eigenvalue weighted by atomic mass is 9.64. The molecule has 0 aliphatic heterocycles. The van der Waals surface area contributed by atoms with E-state index in [2.05, 4.69) is 60.3 Å². The van der Waals surface area contributed by atoms with Crippen LogP contribution < -0.4 is 0 Å². The van der Waals surface area contributed by atoms with Crippen LogP contribution in [0, 0.1) is 35.0 Å². The van der Waals surface area contributed by atoms with E-state index < -0.39 is 8.32 Å². The number of fused-ring (bicyclic) bond motifs is 3. The smallest absolute Gasteiger partial charge is 0.241 e. The largest absolute Gasteiger partial charge is 0.548 e. The van der Waals surface area contributed by atoms with Gasteiger partial charge in [-0.25, -0.2) is 0 Å². The van der Waals surface area contributed by atoms with Crippen molar-refractivity contribution in [1.82, 2.24) is 0 Å². The van der Waals surface area contributed by atoms with E-state index in [0.717, 1.165) is 29.6 Å². The predicted octanol–water partition coefficient (Wildman–Crippen LogP) is 7.18. The topological polar surface area (TPSA) is 9.23 Å². The Hall–Kier alpha value is -0.503. The van der Waals surface area contributed by atoms with Gasteiger partial charge < -0.3 is 4.43 Å². The Bertz CT molecular complexity index is 579. The minimum atomic E-state index is -1.52. The average Bonchev–Trinajstić information content (AvgIpc) is 2.98. The molecule has 3 aliphatic carbocycles. The molecule has 142 valence electrons. The summed E-state index contributed by atoms with van der Waals surface area (Å²) in [5.41, 5.74) is 3.80. The van der Waals surface area contributed by atoms with Crippen LogP contribution in [0.25, 0.3) is 0 Å². The first-order valence-corrected chi connectivity index (χ1v) is 14.0. The number of hydrogen-bond donors (Lipinski definition) is 0. The molecule has 2 fully saturated rings. The second-order valence-electron chi connectivity index (χ2n) is 10.7. The van der Waals surface area contributed by atoms with Gasteiger partial charge in [-0.3, -0.25) is 0 Å². The molecule has 0 aromatic carbocycles. The third kappa shape index (κ3) is 3.53. The van der Waals surface area contributed by atoms with Crippen LogP contribution in [0.3, 0.4) is 0 Å². The van der Waals surface area contributed by atoms with E-state index in [4.69, 9.17) is 4.43 Å². The SMILES string of the molecule is CC1=C[C@H]2[C@H](C(C)C)CC[C@]2(C)[C@H]2CC/C(=C(\C)O[Si](C)(C)C)[C@H]2C1. The molecule has 2 saturated carbocycles. The highest BCUT2D eigenvalue weighted by atomic mass is 28.4. The molecule has 25 heavy (non-hydrogen) atoms. The van der Waals surface area contributed by atoms with E-state index in [-0.39, 0.29) is 0 Å². The Kier molecular flexibility index (Phi) is 5.07. The lowest BCUT2D eigenvalue weighted by Crippen LogP contribution is -2.34. The molecule has 1 nitrogen and oxygen atoms in total. The molecule has 0 radical (unpaired) electrons. The van der Waals surface area contributed by atoms with Crippen LogP contribution in [-0.4, -0.2) is 8.32 Å². The molecule has 2 heteroatoms. The second-order valence-corrected chi connectivity index (χ2v) is 15.2. The summed E-state index contributed by atoms with van der Waals surface area (Å²) in [4.78, 5) is 0. The molecule has 3 aliphatic rings. The number of rotatable bonds is 3. The third-order valence-corrected chi connectivity index (χ3v) is 8.44. The van der Waals surface area contributed by atoms with E-state index in [9.17, 15) is 0 Å². The highest BCUT2D eigenvalue weighted by Crippen LogP contribution is 2.63. The van der Waals surface area contributed by atoms with Gasteiger partial charge in [0.05, 0.1) is 5.76 Å². The van der Waals surface area contributed by atoms with E-state index in [1.54, 1.807) is 11.1 Å². The molecule has 0 saturated heterocycles. The van der Waals surface area contributed by atoms with Gasteiger partial charge in [0.25, 0.3) is 0 Å². The van der Waals surface area contributed by atoms with E-state index in [0.29, 0.717) is 5.41 Å². The van der Waals surface area contributed by atoms with E-state index >= 15 is 0 Å². The van der Waals surface area contributed by atoms with Gasteiger partial charge in [0, 0.05) is 0 Å². The van der Waals surface area contributed by atoms with Crippen LogP contribution in [0.2, 0.25) is 19.6 Å². The highest BCUT2D eigenvalue weighted by molar-refractivity contribution is 6.70. The van der Waals surface area contributed by atoms with Crippen LogP contribution in [0.15, 0.2) is 23.0 Å². The first-order valence-electron chi connectivity index (χ1n) is 10.6. The average molecular weight is 361 g/mol. The van der Waals surface area contributed by atoms with Crippen LogP contribution in [-0.2, 0) is 4.43 Å². The Labute approximate surface area is 157 Å². The maximum absolute atomic E-state index is 6.45. The van der Waals surface area contributed by atoms with Crippen molar-refractivity contribution in [2.24, 2.45) is 35.0 Å². The van der Waals surface area contributed by atoms with Crippen LogP contribution in [0.5, 0.6) is 0 Å². The van der Waals surface area contributed by atoms with Crippen molar-refractivity contribution in [3.05, 3.63) is 23.0 Å². The summed E-state index contributed by atoms with van der Waals surface area (Å²) in [5, 5.41) is 0. The first kappa shape index (κ1) is 19.3. The molecule has 0 spiro atoms. The summed E-state index contributed by atoms with van der Waals surface area (Å²) in [6, 6.07) is 0. The van der Waals surface area contributed by atoms with Crippen molar-refractivity contribution in [2.45, 2.75) is 86.4 Å². The van der Waals surface area contributed by atoms with Crippen LogP contribution in [0.1, 0.15) is 66.7 Å². The minimum absolute atomic E-state index is 0.499. The maximum Gasteiger partial charge on any atom is 0.241 e. The lowest BCUT2D eigenvalue weighted by molar-refractivity contribution is 0.105. The summed E-state index contributed by atoms with van der Waals surface area (Å²) in [6.45, 7) is 19.1. The summed E-state index contributed by atoms with van der Waals surface area (Å²) in [6.07, 6.45) is 9.46. The van der Waals surface area contributed by atoms with Crippen molar-refractivity contribution >= 4 is 8.32 Å². The predicted molar refractivity (Wildman–Crippen MR) is 111 cm³/mol. The molecular weight excluding hydrogens is 320 g/mol. The zero-order chi connectivity index (χ0) is 18.6. The third-order valence-electron chi connectivity index (χ3n) is 7.52. The molecule has 3 rings (SSSR count). The summed E-state index contributed by atoms with van der Waals surface area (Å²) in [5.74, 6) is 5.34. The second kappa shape index (κ2) is 6.58. The van der Waals surface area contributed by atoms with Crippen molar-refractivity contribution in [2.75, 3.05) is 0 Å². The number of hydrogen-bond acceptors (Lipinski definition) is 1. The normalized spacial score (nSPS) is 40.4. The zero-order valence-electron chi connectivity index (χ0n) is 17.9. The van der Waals surface area contributed by atoms with Crippen molar-refractivity contribution in [1.29, 1.82) is 0 Å². The molecule has 5 atom stereocenters. The monoisotopic (exact) mass is 360 g/mol. The molecule has 0 unspecified atom stereocenters. The minimum Gasteiger partial charge on any atom is -0.548 e. The fraction of sp³-hybridized carbons (Fsp3) is 0.826. The molecule has 0 bridgehead atoms. The Morgan fingerprint density at radius 3 is 2.52 bits per heavy atom. The molecule has 0 aromatic rings. The summed E-state index contributed by atoms with van der Waals surface area (Å²) >= 11 is 0. The summed E-state index contributed by atoms with van der Waals surface area (Å²) in [7, 11) is -1.52. The number of allylic oxidation sites excluding steroid dienone is 4. The molecule has 0 N–H and O–H groups in total. The standard InChI is InChI=1S/C23H40OSi/c1-15(2)18-11-12-23(5)21-10-9-19(17(4)24-25(6,7)8)20(21)13-16(3)14-22(18)23/h14-15,18,20-22H,9-13H2,1-8H3/b19-17-/t18-,20+,21-,22-,23+/m0/s1. The van der Waals surface area contributed by atoms with Gasteiger partial charge in [0.1, 0.15) is 0 Å². The van der Waals surface area contributed by atoms with Crippen LogP contribution in [0.4, 0.5) is 0 Å². The van der Waals surface area contributed by atoms with Gasteiger partial charge in [-0.2, -0.15) is 0 Å². The highest BCUT2D eigenvalue weighted by Gasteiger charge is 2.54.